The molecule has 1 aromatic rings. The number of carbonyl (C=O) groups excluding carboxylic acids is 1. The normalized spacial score (nSPS) is 10.1. The topological polar surface area (TPSA) is 17.1 Å². The molecule has 0 fully saturated rings. The Balaban J connectivity index is 2.56. The SMILES string of the molecule is CCCCCC(=O)c1ccccc1Cl. The molecular weight excluding hydrogens is 196 g/mol. The first-order valence-corrected chi connectivity index (χ1v) is 5.41. The first kappa shape index (κ1) is 11.3. The van der Waals surface area contributed by atoms with Crippen LogP contribution in [0.5, 0.6) is 0 Å². The number of rotatable bonds is 5. The van der Waals surface area contributed by atoms with Crippen LogP contribution in [0.15, 0.2) is 24.3 Å². The van der Waals surface area contributed by atoms with Gasteiger partial charge in [-0.05, 0) is 18.6 Å². The monoisotopic (exact) mass is 210 g/mol. The molecule has 76 valence electrons. The van der Waals surface area contributed by atoms with Gasteiger partial charge in [-0.25, -0.2) is 0 Å². The molecule has 0 unspecified atom stereocenters. The van der Waals surface area contributed by atoms with E-state index in [1.165, 1.54) is 0 Å². The number of unbranched alkanes of at least 4 members (excludes halogenated alkanes) is 2. The van der Waals surface area contributed by atoms with Gasteiger partial charge in [0.2, 0.25) is 0 Å². The molecule has 0 radical (unpaired) electrons. The molecule has 0 saturated heterocycles. The third-order valence-corrected chi connectivity index (χ3v) is 2.51. The predicted molar refractivity (Wildman–Crippen MR) is 59.9 cm³/mol. The number of halogens is 1. The van der Waals surface area contributed by atoms with Crippen LogP contribution < -0.4 is 0 Å². The number of benzene rings is 1. The van der Waals surface area contributed by atoms with Gasteiger partial charge in [-0.3, -0.25) is 4.79 Å². The third kappa shape index (κ3) is 3.15. The highest BCUT2D eigenvalue weighted by atomic mass is 35.5. The van der Waals surface area contributed by atoms with Crippen molar-refractivity contribution in [2.45, 2.75) is 32.6 Å². The summed E-state index contributed by atoms with van der Waals surface area (Å²) in [5, 5.41) is 0.564. The maximum Gasteiger partial charge on any atom is 0.164 e. The van der Waals surface area contributed by atoms with Crippen molar-refractivity contribution in [2.24, 2.45) is 0 Å². The first-order chi connectivity index (χ1) is 6.75. The van der Waals surface area contributed by atoms with E-state index in [-0.39, 0.29) is 5.78 Å². The van der Waals surface area contributed by atoms with Gasteiger partial charge in [0.1, 0.15) is 0 Å². The highest BCUT2D eigenvalue weighted by Crippen LogP contribution is 2.17. The highest BCUT2D eigenvalue weighted by Gasteiger charge is 2.08. The molecule has 0 spiro atoms. The molecule has 0 aliphatic rings. The Labute approximate surface area is 90.1 Å². The average Bonchev–Trinajstić information content (AvgIpc) is 2.18. The van der Waals surface area contributed by atoms with Crippen molar-refractivity contribution in [2.75, 3.05) is 0 Å². The molecule has 0 aromatic heterocycles. The number of hydrogen-bond donors (Lipinski definition) is 0. The van der Waals surface area contributed by atoms with Crippen molar-refractivity contribution in [1.29, 1.82) is 0 Å². The van der Waals surface area contributed by atoms with Gasteiger partial charge in [-0.2, -0.15) is 0 Å². The summed E-state index contributed by atoms with van der Waals surface area (Å²) in [4.78, 5) is 11.7. The zero-order chi connectivity index (χ0) is 10.4. The van der Waals surface area contributed by atoms with Crippen LogP contribution in [0.2, 0.25) is 5.02 Å². The van der Waals surface area contributed by atoms with Gasteiger partial charge in [0, 0.05) is 12.0 Å². The zero-order valence-electron chi connectivity index (χ0n) is 8.42. The van der Waals surface area contributed by atoms with Gasteiger partial charge in [-0.15, -0.1) is 0 Å². The largest absolute Gasteiger partial charge is 0.294 e. The number of hydrogen-bond acceptors (Lipinski definition) is 1. The van der Waals surface area contributed by atoms with Crippen LogP contribution in [0.25, 0.3) is 0 Å². The third-order valence-electron chi connectivity index (χ3n) is 2.18. The van der Waals surface area contributed by atoms with E-state index in [4.69, 9.17) is 11.6 Å². The van der Waals surface area contributed by atoms with E-state index in [2.05, 4.69) is 6.92 Å². The van der Waals surface area contributed by atoms with Gasteiger partial charge >= 0.3 is 0 Å². The Hall–Kier alpha value is -0.820. The summed E-state index contributed by atoms with van der Waals surface area (Å²) in [6.45, 7) is 2.12. The second-order valence-corrected chi connectivity index (χ2v) is 3.77. The van der Waals surface area contributed by atoms with Crippen molar-refractivity contribution >= 4 is 17.4 Å². The first-order valence-electron chi connectivity index (χ1n) is 5.03. The molecule has 1 nitrogen and oxygen atoms in total. The van der Waals surface area contributed by atoms with Gasteiger partial charge < -0.3 is 0 Å². The lowest BCUT2D eigenvalue weighted by Gasteiger charge is -2.02. The van der Waals surface area contributed by atoms with E-state index in [1.807, 2.05) is 12.1 Å². The fraction of sp³-hybridized carbons (Fsp3) is 0.417. The van der Waals surface area contributed by atoms with Crippen LogP contribution >= 0.6 is 11.6 Å². The average molecular weight is 211 g/mol. The minimum absolute atomic E-state index is 0.157. The molecule has 0 amide bonds. The molecule has 0 aliphatic carbocycles. The molecule has 0 saturated carbocycles. The maximum absolute atomic E-state index is 11.7. The summed E-state index contributed by atoms with van der Waals surface area (Å²) in [5.41, 5.74) is 0.658. The van der Waals surface area contributed by atoms with E-state index in [0.29, 0.717) is 17.0 Å². The fourth-order valence-electron chi connectivity index (χ4n) is 1.36. The van der Waals surface area contributed by atoms with Gasteiger partial charge in [0.25, 0.3) is 0 Å². The zero-order valence-corrected chi connectivity index (χ0v) is 9.18. The van der Waals surface area contributed by atoms with E-state index in [0.717, 1.165) is 19.3 Å². The van der Waals surface area contributed by atoms with Crippen LogP contribution in [0, 0.1) is 0 Å². The molecule has 1 rings (SSSR count). The van der Waals surface area contributed by atoms with Crippen molar-refractivity contribution in [3.63, 3.8) is 0 Å². The summed E-state index contributed by atoms with van der Waals surface area (Å²) in [6.07, 6.45) is 3.81. The number of carbonyl (C=O) groups is 1. The lowest BCUT2D eigenvalue weighted by Crippen LogP contribution is -1.99. The second-order valence-electron chi connectivity index (χ2n) is 3.36. The smallest absolute Gasteiger partial charge is 0.164 e. The lowest BCUT2D eigenvalue weighted by atomic mass is 10.1. The van der Waals surface area contributed by atoms with Gasteiger partial charge in [0.05, 0.1) is 5.02 Å². The molecule has 0 bridgehead atoms. The van der Waals surface area contributed by atoms with Crippen LogP contribution in [0.3, 0.4) is 0 Å². The van der Waals surface area contributed by atoms with Crippen molar-refractivity contribution < 1.29 is 4.79 Å². The summed E-state index contributed by atoms with van der Waals surface area (Å²) >= 11 is 5.91. The van der Waals surface area contributed by atoms with Crippen molar-refractivity contribution in [3.8, 4) is 0 Å². The predicted octanol–water partition coefficient (Wildman–Crippen LogP) is 4.10. The summed E-state index contributed by atoms with van der Waals surface area (Å²) in [6, 6.07) is 7.23. The van der Waals surface area contributed by atoms with Crippen molar-refractivity contribution in [3.05, 3.63) is 34.9 Å². The van der Waals surface area contributed by atoms with E-state index < -0.39 is 0 Å². The second kappa shape index (κ2) is 5.82. The van der Waals surface area contributed by atoms with Crippen LogP contribution in [-0.4, -0.2) is 5.78 Å². The minimum atomic E-state index is 0.157. The molecule has 0 aliphatic heterocycles. The van der Waals surface area contributed by atoms with Crippen LogP contribution in [0.4, 0.5) is 0 Å². The summed E-state index contributed by atoms with van der Waals surface area (Å²) in [5.74, 6) is 0.157. The summed E-state index contributed by atoms with van der Waals surface area (Å²) in [7, 11) is 0. The fourth-order valence-corrected chi connectivity index (χ4v) is 1.60. The Kier molecular flexibility index (Phi) is 4.68. The van der Waals surface area contributed by atoms with E-state index >= 15 is 0 Å². The molecule has 0 atom stereocenters. The van der Waals surface area contributed by atoms with E-state index in [9.17, 15) is 4.79 Å². The van der Waals surface area contributed by atoms with Gasteiger partial charge in [0.15, 0.2) is 5.78 Å². The quantitative estimate of drug-likeness (QED) is 0.528. The minimum Gasteiger partial charge on any atom is -0.294 e. The molecule has 0 N–H and O–H groups in total. The molecule has 1 aromatic carbocycles. The standard InChI is InChI=1S/C12H15ClO/c1-2-3-4-9-12(14)10-7-5-6-8-11(10)13/h5-8H,2-4,9H2,1H3. The van der Waals surface area contributed by atoms with Crippen LogP contribution in [0.1, 0.15) is 43.0 Å². The molecule has 14 heavy (non-hydrogen) atoms. The Morgan fingerprint density at radius 2 is 2.00 bits per heavy atom. The van der Waals surface area contributed by atoms with E-state index in [1.54, 1.807) is 12.1 Å². The number of Topliss-reactive ketones (excluding diaryl/α,β-unsaturated/α-hetero) is 1. The molecular formula is C12H15ClO. The van der Waals surface area contributed by atoms with Gasteiger partial charge in [-0.1, -0.05) is 43.5 Å². The lowest BCUT2D eigenvalue weighted by molar-refractivity contribution is 0.0979. The Bertz CT molecular complexity index is 307. The molecule has 2 heteroatoms. The number of ketones is 1. The Morgan fingerprint density at radius 1 is 1.29 bits per heavy atom. The van der Waals surface area contributed by atoms with Crippen molar-refractivity contribution in [1.82, 2.24) is 0 Å². The molecule has 0 heterocycles. The van der Waals surface area contributed by atoms with Crippen LogP contribution in [-0.2, 0) is 0 Å². The Morgan fingerprint density at radius 3 is 2.64 bits per heavy atom. The maximum atomic E-state index is 11.7. The summed E-state index contributed by atoms with van der Waals surface area (Å²) < 4.78 is 0. The highest BCUT2D eigenvalue weighted by molar-refractivity contribution is 6.33.